The third-order valence-corrected chi connectivity index (χ3v) is 4.41. The first-order valence-corrected chi connectivity index (χ1v) is 8.10. The number of morpholine rings is 1. The van der Waals surface area contributed by atoms with E-state index in [-0.39, 0.29) is 18.1 Å². The molecule has 2 aromatic rings. The van der Waals surface area contributed by atoms with Gasteiger partial charge < -0.3 is 9.64 Å². The first-order valence-electron chi connectivity index (χ1n) is 8.10. The fourth-order valence-electron chi connectivity index (χ4n) is 2.97. The normalized spacial score (nSPS) is 21.3. The summed E-state index contributed by atoms with van der Waals surface area (Å²) < 4.78 is 5.96. The van der Waals surface area contributed by atoms with Gasteiger partial charge in [0.2, 0.25) is 0 Å². The maximum atomic E-state index is 12.9. The average molecular weight is 309 g/mol. The summed E-state index contributed by atoms with van der Waals surface area (Å²) in [6.45, 7) is 7.28. The number of carbonyl (C=O) groups is 1. The molecule has 3 heteroatoms. The van der Waals surface area contributed by atoms with Crippen LogP contribution in [0.2, 0.25) is 0 Å². The molecule has 0 saturated carbocycles. The van der Waals surface area contributed by atoms with Crippen molar-refractivity contribution in [2.75, 3.05) is 13.2 Å². The number of benzene rings is 2. The number of carbonyl (C=O) groups excluding carboxylic acids is 1. The summed E-state index contributed by atoms with van der Waals surface area (Å²) >= 11 is 0. The Kier molecular flexibility index (Phi) is 4.49. The van der Waals surface area contributed by atoms with Crippen LogP contribution >= 0.6 is 0 Å². The van der Waals surface area contributed by atoms with Crippen LogP contribution in [0.3, 0.4) is 0 Å². The van der Waals surface area contributed by atoms with Gasteiger partial charge in [-0.2, -0.15) is 0 Å². The van der Waals surface area contributed by atoms with Gasteiger partial charge in [0.15, 0.2) is 0 Å². The number of amides is 1. The van der Waals surface area contributed by atoms with Gasteiger partial charge in [-0.3, -0.25) is 4.79 Å². The molecule has 0 aliphatic carbocycles. The SMILES string of the molecule is Cc1ccc(C2CN(C(=O)c3cccc(C)c3)C(C)CO2)cc1. The van der Waals surface area contributed by atoms with E-state index in [4.69, 9.17) is 4.74 Å². The number of hydrogen-bond donors (Lipinski definition) is 0. The van der Waals surface area contributed by atoms with Crippen molar-refractivity contribution in [2.24, 2.45) is 0 Å². The number of hydrogen-bond acceptors (Lipinski definition) is 2. The van der Waals surface area contributed by atoms with Gasteiger partial charge in [-0.15, -0.1) is 0 Å². The summed E-state index contributed by atoms with van der Waals surface area (Å²) in [5, 5.41) is 0. The van der Waals surface area contributed by atoms with Crippen LogP contribution in [0.5, 0.6) is 0 Å². The lowest BCUT2D eigenvalue weighted by molar-refractivity contribution is -0.0486. The molecule has 0 aromatic heterocycles. The Morgan fingerprint density at radius 1 is 1.09 bits per heavy atom. The van der Waals surface area contributed by atoms with Gasteiger partial charge in [0.25, 0.3) is 5.91 Å². The quantitative estimate of drug-likeness (QED) is 0.842. The van der Waals surface area contributed by atoms with Crippen LogP contribution in [0, 0.1) is 13.8 Å². The molecule has 3 nitrogen and oxygen atoms in total. The highest BCUT2D eigenvalue weighted by molar-refractivity contribution is 5.94. The molecular formula is C20H23NO2. The Morgan fingerprint density at radius 3 is 2.52 bits per heavy atom. The van der Waals surface area contributed by atoms with Gasteiger partial charge in [0.05, 0.1) is 19.2 Å². The largest absolute Gasteiger partial charge is 0.370 e. The third-order valence-electron chi connectivity index (χ3n) is 4.41. The predicted octanol–water partition coefficient (Wildman–Crippen LogP) is 3.91. The first-order chi connectivity index (χ1) is 11.0. The van der Waals surface area contributed by atoms with Crippen molar-refractivity contribution in [3.8, 4) is 0 Å². The van der Waals surface area contributed by atoms with Crippen molar-refractivity contribution in [1.82, 2.24) is 4.90 Å². The fourth-order valence-corrected chi connectivity index (χ4v) is 2.97. The molecule has 1 aliphatic heterocycles. The summed E-state index contributed by atoms with van der Waals surface area (Å²) in [5.41, 5.74) is 4.21. The second kappa shape index (κ2) is 6.55. The Balaban J connectivity index is 1.80. The van der Waals surface area contributed by atoms with Gasteiger partial charge in [0.1, 0.15) is 6.10 Å². The summed E-state index contributed by atoms with van der Waals surface area (Å²) in [6.07, 6.45) is -0.0550. The Bertz CT molecular complexity index is 693. The highest BCUT2D eigenvalue weighted by atomic mass is 16.5. The summed E-state index contributed by atoms with van der Waals surface area (Å²) in [6, 6.07) is 16.2. The van der Waals surface area contributed by atoms with Crippen molar-refractivity contribution in [2.45, 2.75) is 32.9 Å². The van der Waals surface area contributed by atoms with Crippen molar-refractivity contribution < 1.29 is 9.53 Å². The zero-order valence-corrected chi connectivity index (χ0v) is 14.0. The van der Waals surface area contributed by atoms with Crippen LogP contribution in [-0.4, -0.2) is 30.0 Å². The highest BCUT2D eigenvalue weighted by Gasteiger charge is 2.31. The van der Waals surface area contributed by atoms with E-state index in [0.717, 1.165) is 16.7 Å². The summed E-state index contributed by atoms with van der Waals surface area (Å²) in [7, 11) is 0. The van der Waals surface area contributed by atoms with E-state index in [1.165, 1.54) is 5.56 Å². The molecule has 0 radical (unpaired) electrons. The molecule has 23 heavy (non-hydrogen) atoms. The monoisotopic (exact) mass is 309 g/mol. The Hall–Kier alpha value is -2.13. The van der Waals surface area contributed by atoms with Gasteiger partial charge in [-0.05, 0) is 38.5 Å². The third kappa shape index (κ3) is 3.45. The van der Waals surface area contributed by atoms with Crippen molar-refractivity contribution in [1.29, 1.82) is 0 Å². The lowest BCUT2D eigenvalue weighted by atomic mass is 10.0. The van der Waals surface area contributed by atoms with Crippen LogP contribution in [0.25, 0.3) is 0 Å². The van der Waals surface area contributed by atoms with Gasteiger partial charge in [-0.1, -0.05) is 47.5 Å². The molecule has 1 fully saturated rings. The Morgan fingerprint density at radius 2 is 1.83 bits per heavy atom. The average Bonchev–Trinajstić information content (AvgIpc) is 2.55. The van der Waals surface area contributed by atoms with E-state index in [0.29, 0.717) is 13.2 Å². The van der Waals surface area contributed by atoms with E-state index in [1.54, 1.807) is 0 Å². The summed E-state index contributed by atoms with van der Waals surface area (Å²) in [5.74, 6) is 0.0848. The van der Waals surface area contributed by atoms with Crippen LogP contribution < -0.4 is 0 Å². The van der Waals surface area contributed by atoms with Crippen LogP contribution in [0.1, 0.15) is 40.1 Å². The van der Waals surface area contributed by atoms with E-state index in [2.05, 4.69) is 31.2 Å². The minimum Gasteiger partial charge on any atom is -0.370 e. The molecule has 120 valence electrons. The topological polar surface area (TPSA) is 29.5 Å². The van der Waals surface area contributed by atoms with Crippen LogP contribution in [0.15, 0.2) is 48.5 Å². The molecule has 0 bridgehead atoms. The van der Waals surface area contributed by atoms with E-state index in [9.17, 15) is 4.79 Å². The van der Waals surface area contributed by atoms with E-state index >= 15 is 0 Å². The van der Waals surface area contributed by atoms with Crippen molar-refractivity contribution in [3.05, 3.63) is 70.8 Å². The molecule has 2 atom stereocenters. The van der Waals surface area contributed by atoms with Gasteiger partial charge >= 0.3 is 0 Å². The van der Waals surface area contributed by atoms with Crippen molar-refractivity contribution >= 4 is 5.91 Å². The maximum Gasteiger partial charge on any atom is 0.254 e. The van der Waals surface area contributed by atoms with E-state index < -0.39 is 0 Å². The van der Waals surface area contributed by atoms with E-state index in [1.807, 2.05) is 43.0 Å². The zero-order valence-electron chi connectivity index (χ0n) is 14.0. The molecular weight excluding hydrogens is 286 g/mol. The second-order valence-corrected chi connectivity index (χ2v) is 6.41. The maximum absolute atomic E-state index is 12.9. The second-order valence-electron chi connectivity index (χ2n) is 6.41. The number of ether oxygens (including phenoxy) is 1. The number of nitrogens with zero attached hydrogens (tertiary/aromatic N) is 1. The molecule has 0 N–H and O–H groups in total. The summed E-state index contributed by atoms with van der Waals surface area (Å²) in [4.78, 5) is 14.8. The number of aryl methyl sites for hydroxylation is 2. The first kappa shape index (κ1) is 15.8. The molecule has 1 saturated heterocycles. The minimum atomic E-state index is -0.0550. The molecule has 1 amide bonds. The predicted molar refractivity (Wildman–Crippen MR) is 91.5 cm³/mol. The van der Waals surface area contributed by atoms with Gasteiger partial charge in [0, 0.05) is 5.56 Å². The lowest BCUT2D eigenvalue weighted by Crippen LogP contribution is -2.48. The molecule has 2 aromatic carbocycles. The fraction of sp³-hybridized carbons (Fsp3) is 0.350. The smallest absolute Gasteiger partial charge is 0.254 e. The molecule has 1 aliphatic rings. The molecule has 2 unspecified atom stereocenters. The van der Waals surface area contributed by atoms with Crippen molar-refractivity contribution in [3.63, 3.8) is 0 Å². The van der Waals surface area contributed by atoms with Crippen LogP contribution in [0.4, 0.5) is 0 Å². The highest BCUT2D eigenvalue weighted by Crippen LogP contribution is 2.26. The molecule has 1 heterocycles. The molecule has 0 spiro atoms. The standard InChI is InChI=1S/C20H23NO2/c1-14-7-9-17(10-8-14)19-12-21(16(3)13-23-19)20(22)18-6-4-5-15(2)11-18/h4-11,16,19H,12-13H2,1-3H3. The lowest BCUT2D eigenvalue weighted by Gasteiger charge is -2.38. The number of rotatable bonds is 2. The molecule has 3 rings (SSSR count). The van der Waals surface area contributed by atoms with Crippen LogP contribution in [-0.2, 0) is 4.74 Å². The van der Waals surface area contributed by atoms with Gasteiger partial charge in [-0.25, -0.2) is 0 Å². The zero-order chi connectivity index (χ0) is 16.4. The minimum absolute atomic E-state index is 0.0550. The Labute approximate surface area is 137 Å².